The van der Waals surface area contributed by atoms with Crippen LogP contribution in [0, 0.1) is 0 Å². The largest absolute Gasteiger partial charge is 0.372 e. The van der Waals surface area contributed by atoms with Crippen LogP contribution in [0.5, 0.6) is 0 Å². The molecule has 1 aliphatic heterocycles. The predicted octanol–water partition coefficient (Wildman–Crippen LogP) is 4.76. The van der Waals surface area contributed by atoms with Gasteiger partial charge in [-0.2, -0.15) is 5.10 Å². The van der Waals surface area contributed by atoms with Crippen molar-refractivity contribution in [3.63, 3.8) is 0 Å². The number of aromatic nitrogens is 2. The van der Waals surface area contributed by atoms with E-state index in [1.165, 1.54) is 43.5 Å². The second-order valence-electron chi connectivity index (χ2n) is 8.86. The smallest absolute Gasteiger partial charge is 0.276 e. The van der Waals surface area contributed by atoms with Crippen LogP contribution in [0.25, 0.3) is 0 Å². The van der Waals surface area contributed by atoms with Crippen LogP contribution in [-0.4, -0.2) is 28.8 Å². The molecule has 1 aliphatic carbocycles. The summed E-state index contributed by atoms with van der Waals surface area (Å²) in [5.74, 6) is 0.424. The Balaban J connectivity index is 1.47. The van der Waals surface area contributed by atoms with Crippen LogP contribution >= 0.6 is 0 Å². The van der Waals surface area contributed by atoms with E-state index >= 15 is 0 Å². The Hall–Kier alpha value is -2.30. The van der Waals surface area contributed by atoms with Crippen LogP contribution in [0.15, 0.2) is 30.3 Å². The Morgan fingerprint density at radius 1 is 1.07 bits per heavy atom. The topological polar surface area (TPSA) is 50.2 Å². The van der Waals surface area contributed by atoms with Gasteiger partial charge in [-0.15, -0.1) is 0 Å². The number of carbonyl (C=O) groups is 1. The van der Waals surface area contributed by atoms with Gasteiger partial charge in [0, 0.05) is 36.1 Å². The summed E-state index contributed by atoms with van der Waals surface area (Å²) in [4.78, 5) is 15.2. The van der Waals surface area contributed by atoms with Gasteiger partial charge in [0.05, 0.1) is 5.54 Å². The van der Waals surface area contributed by atoms with Crippen molar-refractivity contribution in [2.45, 2.75) is 64.3 Å². The van der Waals surface area contributed by atoms with E-state index in [-0.39, 0.29) is 11.4 Å². The maximum absolute atomic E-state index is 12.7. The number of nitrogens with one attached hydrogen (secondary N) is 1. The molecule has 2 aromatic rings. The number of rotatable bonds is 4. The number of piperidine rings is 1. The molecule has 0 spiro atoms. The van der Waals surface area contributed by atoms with E-state index in [9.17, 15) is 4.79 Å². The van der Waals surface area contributed by atoms with Crippen molar-refractivity contribution in [3.8, 4) is 0 Å². The molecule has 1 aromatic carbocycles. The average molecular weight is 367 g/mol. The molecule has 5 heteroatoms. The zero-order chi connectivity index (χ0) is 19.0. The summed E-state index contributed by atoms with van der Waals surface area (Å²) in [6, 6.07) is 10.2. The molecule has 0 bridgehead atoms. The van der Waals surface area contributed by atoms with Gasteiger partial charge < -0.3 is 10.2 Å². The van der Waals surface area contributed by atoms with Crippen molar-refractivity contribution in [1.82, 2.24) is 9.78 Å². The molecular weight excluding hydrogens is 336 g/mol. The first kappa shape index (κ1) is 18.1. The maximum Gasteiger partial charge on any atom is 0.276 e. The van der Waals surface area contributed by atoms with Crippen LogP contribution in [0.1, 0.15) is 75.0 Å². The summed E-state index contributed by atoms with van der Waals surface area (Å²) < 4.78 is 2.03. The molecular formula is C22H30N4O. The SMILES string of the molecule is CC(C)(C)n1nc(C(=O)Nc2ccc(N3CCCCC3)cc2)cc1C1CC1. The van der Waals surface area contributed by atoms with Crippen LogP contribution < -0.4 is 10.2 Å². The summed E-state index contributed by atoms with van der Waals surface area (Å²) in [5, 5.41) is 7.63. The first-order chi connectivity index (χ1) is 12.9. The van der Waals surface area contributed by atoms with E-state index in [0.717, 1.165) is 18.8 Å². The van der Waals surface area contributed by atoms with Gasteiger partial charge in [-0.3, -0.25) is 9.48 Å². The third kappa shape index (κ3) is 4.02. The molecule has 1 saturated heterocycles. The summed E-state index contributed by atoms with van der Waals surface area (Å²) >= 11 is 0. The quantitative estimate of drug-likeness (QED) is 0.849. The van der Waals surface area contributed by atoms with Crippen LogP contribution in [0.2, 0.25) is 0 Å². The standard InChI is InChI=1S/C22H30N4O/c1-22(2,3)26-20(16-7-8-16)15-19(24-26)21(27)23-17-9-11-18(12-10-17)25-13-5-4-6-14-25/h9-12,15-16H,4-8,13-14H2,1-3H3,(H,23,27). The fourth-order valence-corrected chi connectivity index (χ4v) is 3.82. The van der Waals surface area contributed by atoms with Crippen molar-refractivity contribution in [1.29, 1.82) is 0 Å². The van der Waals surface area contributed by atoms with Gasteiger partial charge >= 0.3 is 0 Å². The monoisotopic (exact) mass is 366 g/mol. The first-order valence-corrected chi connectivity index (χ1v) is 10.2. The molecule has 2 aliphatic rings. The minimum atomic E-state index is -0.134. The van der Waals surface area contributed by atoms with Gasteiger partial charge in [-0.05, 0) is 83.2 Å². The molecule has 0 radical (unpaired) electrons. The van der Waals surface area contributed by atoms with Crippen molar-refractivity contribution in [2.24, 2.45) is 0 Å². The lowest BCUT2D eigenvalue weighted by Crippen LogP contribution is -2.29. The minimum Gasteiger partial charge on any atom is -0.372 e. The molecule has 1 saturated carbocycles. The normalized spacial score (nSPS) is 17.8. The number of hydrogen-bond acceptors (Lipinski definition) is 3. The number of carbonyl (C=O) groups excluding carboxylic acids is 1. The molecule has 27 heavy (non-hydrogen) atoms. The highest BCUT2D eigenvalue weighted by Crippen LogP contribution is 2.41. The Bertz CT molecular complexity index is 806. The second-order valence-corrected chi connectivity index (χ2v) is 8.86. The van der Waals surface area contributed by atoms with Crippen molar-refractivity contribution in [2.75, 3.05) is 23.3 Å². The molecule has 1 N–H and O–H groups in total. The lowest BCUT2D eigenvalue weighted by molar-refractivity contribution is 0.102. The van der Waals surface area contributed by atoms with E-state index in [4.69, 9.17) is 0 Å². The van der Waals surface area contributed by atoms with Crippen molar-refractivity contribution in [3.05, 3.63) is 41.7 Å². The highest BCUT2D eigenvalue weighted by Gasteiger charge is 2.32. The number of nitrogens with zero attached hydrogens (tertiary/aromatic N) is 3. The van der Waals surface area contributed by atoms with E-state index in [2.05, 4.69) is 48.2 Å². The molecule has 144 valence electrons. The molecule has 4 rings (SSSR count). The fraction of sp³-hybridized carbons (Fsp3) is 0.545. The molecule has 1 aromatic heterocycles. The summed E-state index contributed by atoms with van der Waals surface area (Å²) in [7, 11) is 0. The van der Waals surface area contributed by atoms with E-state index in [1.807, 2.05) is 22.9 Å². The van der Waals surface area contributed by atoms with Crippen LogP contribution in [-0.2, 0) is 5.54 Å². The Labute approximate surface area is 161 Å². The van der Waals surface area contributed by atoms with E-state index < -0.39 is 0 Å². The zero-order valence-corrected chi connectivity index (χ0v) is 16.7. The number of hydrogen-bond donors (Lipinski definition) is 1. The maximum atomic E-state index is 12.7. The highest BCUT2D eigenvalue weighted by molar-refractivity contribution is 6.03. The lowest BCUT2D eigenvalue weighted by atomic mass is 10.1. The number of benzene rings is 1. The first-order valence-electron chi connectivity index (χ1n) is 10.2. The second kappa shape index (κ2) is 7.02. The van der Waals surface area contributed by atoms with Gasteiger partial charge in [-0.25, -0.2) is 0 Å². The van der Waals surface area contributed by atoms with Crippen LogP contribution in [0.3, 0.4) is 0 Å². The molecule has 2 fully saturated rings. The van der Waals surface area contributed by atoms with Gasteiger partial charge in [0.15, 0.2) is 5.69 Å². The highest BCUT2D eigenvalue weighted by atomic mass is 16.2. The van der Waals surface area contributed by atoms with Crippen molar-refractivity contribution < 1.29 is 4.79 Å². The molecule has 2 heterocycles. The van der Waals surface area contributed by atoms with Crippen LogP contribution in [0.4, 0.5) is 11.4 Å². The van der Waals surface area contributed by atoms with Gasteiger partial charge in [0.25, 0.3) is 5.91 Å². The summed E-state index contributed by atoms with van der Waals surface area (Å²) in [6.07, 6.45) is 6.24. The number of amides is 1. The Morgan fingerprint density at radius 3 is 2.33 bits per heavy atom. The molecule has 0 atom stereocenters. The third-order valence-corrected chi connectivity index (χ3v) is 5.45. The molecule has 5 nitrogen and oxygen atoms in total. The van der Waals surface area contributed by atoms with E-state index in [0.29, 0.717) is 11.6 Å². The zero-order valence-electron chi connectivity index (χ0n) is 16.7. The predicted molar refractivity (Wildman–Crippen MR) is 110 cm³/mol. The minimum absolute atomic E-state index is 0.119. The summed E-state index contributed by atoms with van der Waals surface area (Å²) in [5.41, 5.74) is 3.63. The van der Waals surface area contributed by atoms with Gasteiger partial charge in [0.2, 0.25) is 0 Å². The molecule has 0 unspecified atom stereocenters. The number of anilines is 2. The van der Waals surface area contributed by atoms with Gasteiger partial charge in [-0.1, -0.05) is 0 Å². The molecule has 1 amide bonds. The Morgan fingerprint density at radius 2 is 1.74 bits per heavy atom. The lowest BCUT2D eigenvalue weighted by Gasteiger charge is -2.28. The van der Waals surface area contributed by atoms with Crippen molar-refractivity contribution >= 4 is 17.3 Å². The fourth-order valence-electron chi connectivity index (χ4n) is 3.82. The average Bonchev–Trinajstić information content (AvgIpc) is 3.39. The van der Waals surface area contributed by atoms with Gasteiger partial charge in [0.1, 0.15) is 0 Å². The Kier molecular flexibility index (Phi) is 4.70. The third-order valence-electron chi connectivity index (χ3n) is 5.45. The summed E-state index contributed by atoms with van der Waals surface area (Å²) in [6.45, 7) is 8.65. The van der Waals surface area contributed by atoms with E-state index in [1.54, 1.807) is 0 Å².